The summed E-state index contributed by atoms with van der Waals surface area (Å²) in [4.78, 5) is 14.8. The van der Waals surface area contributed by atoms with Crippen molar-refractivity contribution in [3.63, 3.8) is 0 Å². The number of H-pyrrole nitrogens is 1. The second kappa shape index (κ2) is 4.61. The normalized spacial score (nSPS) is 13.9. The molecule has 6 heteroatoms. The predicted molar refractivity (Wildman–Crippen MR) is 58.9 cm³/mol. The number of hydrogen-bond acceptors (Lipinski definition) is 2. The Morgan fingerprint density at radius 3 is 2.44 bits per heavy atom. The van der Waals surface area contributed by atoms with Gasteiger partial charge in [-0.3, -0.25) is 0 Å². The van der Waals surface area contributed by atoms with Gasteiger partial charge >= 0.3 is 5.57 Å². The van der Waals surface area contributed by atoms with Crippen LogP contribution in [0.25, 0.3) is 0 Å². The highest BCUT2D eigenvalue weighted by Gasteiger charge is 2.23. The lowest BCUT2D eigenvalue weighted by Gasteiger charge is -2.18. The van der Waals surface area contributed by atoms with E-state index in [1.807, 2.05) is 0 Å². The average molecular weight is 240 g/mol. The number of aromatic amines is 1. The largest absolute Gasteiger partial charge is 0.787 e. The van der Waals surface area contributed by atoms with E-state index in [9.17, 15) is 9.46 Å². The molecule has 0 spiro atoms. The Morgan fingerprint density at radius 1 is 1.31 bits per heavy atom. The van der Waals surface area contributed by atoms with Gasteiger partial charge in [0.1, 0.15) is 12.4 Å². The maximum absolute atomic E-state index is 12.1. The number of benzene rings is 1. The number of nitrogens with zero attached hydrogens (tertiary/aromatic N) is 1. The Hall–Kier alpha value is -1.42. The molecule has 1 heterocycles. The van der Waals surface area contributed by atoms with E-state index in [0.29, 0.717) is 5.30 Å². The van der Waals surface area contributed by atoms with Gasteiger partial charge in [-0.15, -0.1) is 0 Å². The summed E-state index contributed by atoms with van der Waals surface area (Å²) in [6.45, 7) is 0. The summed E-state index contributed by atoms with van der Waals surface area (Å²) < 4.78 is 13.6. The summed E-state index contributed by atoms with van der Waals surface area (Å²) in [6.07, 6.45) is 3.27. The molecular weight excluding hydrogens is 227 g/mol. The van der Waals surface area contributed by atoms with Gasteiger partial charge in [0.2, 0.25) is 0 Å². The first-order valence-corrected chi connectivity index (χ1v) is 6.15. The van der Waals surface area contributed by atoms with Crippen LogP contribution in [0.1, 0.15) is 0 Å². The molecule has 0 saturated carbocycles. The van der Waals surface area contributed by atoms with Gasteiger partial charge in [0.05, 0.1) is 7.05 Å². The zero-order valence-corrected chi connectivity index (χ0v) is 9.65. The molecule has 0 aliphatic heterocycles. The number of nitrogens with one attached hydrogen (secondary N) is 1. The fourth-order valence-corrected chi connectivity index (χ4v) is 2.97. The zero-order chi connectivity index (χ0) is 10.9. The molecule has 5 nitrogen and oxygen atoms in total. The van der Waals surface area contributed by atoms with Crippen LogP contribution in [0, 0.1) is 0 Å². The van der Waals surface area contributed by atoms with Gasteiger partial charge in [0.15, 0.2) is 7.37 Å². The van der Waals surface area contributed by atoms with Gasteiger partial charge in [-0.05, 0) is 0 Å². The van der Waals surface area contributed by atoms with Crippen molar-refractivity contribution in [1.82, 2.24) is 4.98 Å². The average Bonchev–Trinajstić information content (AvgIpc) is 2.66. The number of hydrogen-bond donors (Lipinski definition) is 1. The smallest absolute Gasteiger partial charge is 0.302 e. The molecule has 0 radical (unpaired) electrons. The van der Waals surface area contributed by atoms with Crippen molar-refractivity contribution in [3.05, 3.63) is 42.7 Å². The fraction of sp³-hybridized carbons (Fsp3) is 0.100. The highest BCUT2D eigenvalue weighted by atomic mass is 31.2. The molecule has 1 aromatic heterocycles. The number of imidazole rings is 1. The van der Waals surface area contributed by atoms with Crippen LogP contribution in [0.15, 0.2) is 42.7 Å². The van der Waals surface area contributed by atoms with E-state index in [1.165, 1.54) is 0 Å². The highest BCUT2D eigenvalue weighted by Crippen LogP contribution is 2.29. The molecular formula is C10H13N2O3P. The van der Waals surface area contributed by atoms with Gasteiger partial charge in [0, 0.05) is 5.30 Å². The number of rotatable bonds is 2. The Balaban J connectivity index is 0.00000128. The van der Waals surface area contributed by atoms with Crippen molar-refractivity contribution >= 4 is 18.2 Å². The first-order valence-electron chi connectivity index (χ1n) is 4.52. The third kappa shape index (κ3) is 2.07. The molecule has 86 valence electrons. The summed E-state index contributed by atoms with van der Waals surface area (Å²) >= 11 is 0. The third-order valence-corrected chi connectivity index (χ3v) is 4.20. The van der Waals surface area contributed by atoms with Crippen molar-refractivity contribution in [1.29, 1.82) is 0 Å². The molecule has 16 heavy (non-hydrogen) atoms. The van der Waals surface area contributed by atoms with Gasteiger partial charge in [-0.25, -0.2) is 9.55 Å². The van der Waals surface area contributed by atoms with E-state index in [-0.39, 0.29) is 11.0 Å². The Bertz CT molecular complexity index is 510. The quantitative estimate of drug-likeness (QED) is 0.516. The second-order valence-electron chi connectivity index (χ2n) is 3.28. The summed E-state index contributed by atoms with van der Waals surface area (Å²) in [5, 5.41) is 0.322. The molecule has 0 saturated heterocycles. The lowest BCUT2D eigenvalue weighted by atomic mass is 10.4. The first kappa shape index (κ1) is 12.6. The van der Waals surface area contributed by atoms with Crippen molar-refractivity contribution in [2.45, 2.75) is 0 Å². The van der Waals surface area contributed by atoms with Crippen LogP contribution in [0.2, 0.25) is 0 Å². The minimum atomic E-state index is -3.73. The molecule has 1 unspecified atom stereocenters. The van der Waals surface area contributed by atoms with Crippen LogP contribution in [0.5, 0.6) is 0 Å². The van der Waals surface area contributed by atoms with Crippen LogP contribution in [0.4, 0.5) is 0 Å². The van der Waals surface area contributed by atoms with Gasteiger partial charge in [-0.2, -0.15) is 0 Å². The van der Waals surface area contributed by atoms with Crippen molar-refractivity contribution in [2.24, 2.45) is 7.05 Å². The van der Waals surface area contributed by atoms with E-state index in [2.05, 4.69) is 4.98 Å². The summed E-state index contributed by atoms with van der Waals surface area (Å²) in [7, 11) is -2.04. The van der Waals surface area contributed by atoms with Crippen LogP contribution in [0.3, 0.4) is 0 Å². The van der Waals surface area contributed by atoms with Crippen LogP contribution >= 0.6 is 7.37 Å². The van der Waals surface area contributed by atoms with Gasteiger partial charge in [0.25, 0.3) is 0 Å². The molecule has 1 aromatic carbocycles. The van der Waals surface area contributed by atoms with E-state index in [4.69, 9.17) is 0 Å². The lowest BCUT2D eigenvalue weighted by molar-refractivity contribution is -0.653. The van der Waals surface area contributed by atoms with Crippen LogP contribution < -0.4 is 20.3 Å². The van der Waals surface area contributed by atoms with Crippen molar-refractivity contribution in [3.8, 4) is 0 Å². The van der Waals surface area contributed by atoms with Gasteiger partial charge in [-0.1, -0.05) is 30.3 Å². The van der Waals surface area contributed by atoms with E-state index in [0.717, 1.165) is 0 Å². The summed E-state index contributed by atoms with van der Waals surface area (Å²) in [6, 6.07) is 8.40. The minimum absolute atomic E-state index is 0. The molecule has 2 rings (SSSR count). The predicted octanol–water partition coefficient (Wildman–Crippen LogP) is -1.40. The SMILES string of the molecule is C[n+]1cc[nH]c1P(=O)([O-])c1ccccc1.O. The number of aromatic nitrogens is 2. The molecule has 1 atom stereocenters. The molecule has 2 aromatic rings. The topological polar surface area (TPSA) is 91.3 Å². The molecule has 0 fully saturated rings. The molecule has 0 amide bonds. The van der Waals surface area contributed by atoms with Crippen LogP contribution in [-0.4, -0.2) is 10.5 Å². The molecule has 0 bridgehead atoms. The third-order valence-electron chi connectivity index (χ3n) is 2.22. The molecule has 0 aliphatic rings. The first-order chi connectivity index (χ1) is 7.12. The Morgan fingerprint density at radius 2 is 1.94 bits per heavy atom. The Labute approximate surface area is 93.1 Å². The monoisotopic (exact) mass is 240 g/mol. The standard InChI is InChI=1S/C10H11N2O2P.H2O/c1-12-8-7-11-10(12)15(13,14)9-5-3-2-4-6-9;/h2-8H,1H3,(H,13,14);1H2. The maximum Gasteiger partial charge on any atom is 0.302 e. The van der Waals surface area contributed by atoms with Gasteiger partial charge < -0.3 is 14.9 Å². The van der Waals surface area contributed by atoms with E-state index >= 15 is 0 Å². The van der Waals surface area contributed by atoms with Crippen molar-refractivity contribution in [2.75, 3.05) is 0 Å². The molecule has 3 N–H and O–H groups in total. The highest BCUT2D eigenvalue weighted by molar-refractivity contribution is 7.71. The lowest BCUT2D eigenvalue weighted by Crippen LogP contribution is -2.47. The molecule has 0 aliphatic carbocycles. The Kier molecular flexibility index (Phi) is 3.65. The number of aryl methyl sites for hydroxylation is 1. The van der Waals surface area contributed by atoms with E-state index in [1.54, 1.807) is 54.3 Å². The summed E-state index contributed by atoms with van der Waals surface area (Å²) in [5.74, 6) is 0. The van der Waals surface area contributed by atoms with Crippen molar-refractivity contribution < 1.29 is 19.5 Å². The second-order valence-corrected chi connectivity index (χ2v) is 5.32. The van der Waals surface area contributed by atoms with E-state index < -0.39 is 7.37 Å². The maximum atomic E-state index is 12.1. The summed E-state index contributed by atoms with van der Waals surface area (Å²) in [5.41, 5.74) is 0.216. The fourth-order valence-electron chi connectivity index (χ4n) is 1.44. The minimum Gasteiger partial charge on any atom is -0.787 e. The van der Waals surface area contributed by atoms with Crippen LogP contribution in [-0.2, 0) is 11.6 Å². The zero-order valence-electron chi connectivity index (χ0n) is 8.75.